The fraction of sp³-hybridized carbons (Fsp3) is 0.444. The van der Waals surface area contributed by atoms with Gasteiger partial charge in [0.1, 0.15) is 41.7 Å². The van der Waals surface area contributed by atoms with E-state index in [1.807, 2.05) is 23.6 Å². The molecule has 5 heterocycles. The first-order chi connectivity index (χ1) is 18.6. The Balaban J connectivity index is 1.79. The average Bonchev–Trinajstić information content (AvgIpc) is 3.55. The monoisotopic (exact) mass is 571 g/mol. The van der Waals surface area contributed by atoms with Gasteiger partial charge in [0, 0.05) is 49.4 Å². The Morgan fingerprint density at radius 1 is 1.31 bits per heavy atom. The Labute approximate surface area is 230 Å². The molecule has 39 heavy (non-hydrogen) atoms. The summed E-state index contributed by atoms with van der Waals surface area (Å²) < 4.78 is 50.1. The van der Waals surface area contributed by atoms with Crippen LogP contribution in [0.4, 0.5) is 8.78 Å². The molecule has 1 aliphatic rings. The van der Waals surface area contributed by atoms with E-state index in [1.165, 1.54) is 16.0 Å². The Morgan fingerprint density at radius 3 is 2.79 bits per heavy atom. The summed E-state index contributed by atoms with van der Waals surface area (Å²) >= 11 is 1.37. The molecule has 8 nitrogen and oxygen atoms in total. The molecule has 4 aromatic rings. The third kappa shape index (κ3) is 5.24. The van der Waals surface area contributed by atoms with Gasteiger partial charge in [-0.25, -0.2) is 18.4 Å². The summed E-state index contributed by atoms with van der Waals surface area (Å²) in [5, 5.41) is 15.0. The highest BCUT2D eigenvalue weighted by atomic mass is 32.1. The minimum Gasteiger partial charge on any atom is -0.474 e. The molecule has 0 spiro atoms. The molecule has 0 amide bonds. The third-order valence-corrected chi connectivity index (χ3v) is 9.41. The molecule has 4 aromatic heterocycles. The van der Waals surface area contributed by atoms with Crippen LogP contribution in [0.2, 0.25) is 25.7 Å². The molecular formula is C27H31F2N5O3SSi. The van der Waals surface area contributed by atoms with Crippen molar-refractivity contribution in [3.63, 3.8) is 0 Å². The van der Waals surface area contributed by atoms with Gasteiger partial charge in [-0.1, -0.05) is 19.6 Å². The molecule has 0 unspecified atom stereocenters. The van der Waals surface area contributed by atoms with Crippen LogP contribution in [-0.2, 0) is 22.7 Å². The number of halogens is 2. The van der Waals surface area contributed by atoms with Crippen molar-refractivity contribution in [2.75, 3.05) is 20.3 Å². The number of methoxy groups -OCH3 is 1. The van der Waals surface area contributed by atoms with Gasteiger partial charge in [-0.15, -0.1) is 11.3 Å². The second kappa shape index (κ2) is 10.8. The van der Waals surface area contributed by atoms with Crippen LogP contribution in [0.15, 0.2) is 24.4 Å². The maximum absolute atomic E-state index is 14.6. The zero-order valence-electron chi connectivity index (χ0n) is 22.6. The topological polar surface area (TPSA) is 87.1 Å². The lowest BCUT2D eigenvalue weighted by atomic mass is 9.98. The number of rotatable bonds is 9. The molecule has 5 rings (SSSR count). The van der Waals surface area contributed by atoms with E-state index in [1.54, 1.807) is 19.4 Å². The number of nitriles is 1. The third-order valence-electron chi connectivity index (χ3n) is 6.75. The lowest BCUT2D eigenvalue weighted by Gasteiger charge is -2.24. The van der Waals surface area contributed by atoms with Crippen molar-refractivity contribution in [2.24, 2.45) is 0 Å². The fourth-order valence-electron chi connectivity index (χ4n) is 4.82. The molecule has 12 heteroatoms. The van der Waals surface area contributed by atoms with E-state index < -0.39 is 14.5 Å². The van der Waals surface area contributed by atoms with Gasteiger partial charge in [-0.05, 0) is 31.2 Å². The van der Waals surface area contributed by atoms with Crippen LogP contribution in [0.25, 0.3) is 33.4 Å². The van der Waals surface area contributed by atoms with Gasteiger partial charge in [0.2, 0.25) is 5.88 Å². The standard InChI is InChI=1S/C27H31F2N5O3SSi/c1-16-11-19(20(12-30)38-16)21-18-7-6-8-31-26(18)33(15-36-9-10-39(3,4)5)24(21)22-23(25(28)29)32-34-13-17(35-2)14-37-27(22)34/h6-8,11,17,25H,9-10,13-15H2,1-5H3/t17-/m0/s1. The first-order valence-corrected chi connectivity index (χ1v) is 17.3. The molecule has 0 aliphatic carbocycles. The van der Waals surface area contributed by atoms with Crippen LogP contribution in [0.5, 0.6) is 5.88 Å². The van der Waals surface area contributed by atoms with Crippen LogP contribution >= 0.6 is 11.3 Å². The molecule has 206 valence electrons. The largest absolute Gasteiger partial charge is 0.474 e. The summed E-state index contributed by atoms with van der Waals surface area (Å²) in [6.45, 7) is 9.87. The maximum atomic E-state index is 14.6. The Morgan fingerprint density at radius 2 is 2.10 bits per heavy atom. The lowest BCUT2D eigenvalue weighted by molar-refractivity contribution is 0.0179. The SMILES string of the molecule is CO[C@@H]1COc2c(-c3c(-c4cc(C)sc4C#N)c4cccnc4n3COCC[Si](C)(C)C)c(C(F)F)nn2C1. The number of thiophene rings is 1. The summed E-state index contributed by atoms with van der Waals surface area (Å²) in [4.78, 5) is 6.07. The van der Waals surface area contributed by atoms with E-state index in [0.717, 1.165) is 16.3 Å². The molecule has 1 aliphatic heterocycles. The highest BCUT2D eigenvalue weighted by Crippen LogP contribution is 2.49. The fourth-order valence-corrected chi connectivity index (χ4v) is 6.39. The van der Waals surface area contributed by atoms with Gasteiger partial charge in [0.15, 0.2) is 0 Å². The molecule has 0 aromatic carbocycles. The van der Waals surface area contributed by atoms with E-state index in [2.05, 4.69) is 35.8 Å². The van der Waals surface area contributed by atoms with E-state index in [4.69, 9.17) is 14.2 Å². The molecule has 1 atom stereocenters. The van der Waals surface area contributed by atoms with E-state index in [9.17, 15) is 14.0 Å². The van der Waals surface area contributed by atoms with Crippen molar-refractivity contribution in [1.29, 1.82) is 5.26 Å². The van der Waals surface area contributed by atoms with Gasteiger partial charge in [0.25, 0.3) is 6.43 Å². The van der Waals surface area contributed by atoms with Crippen molar-refractivity contribution in [3.8, 4) is 34.3 Å². The van der Waals surface area contributed by atoms with Gasteiger partial charge in [-0.3, -0.25) is 0 Å². The van der Waals surface area contributed by atoms with Crippen molar-refractivity contribution < 1.29 is 23.0 Å². The van der Waals surface area contributed by atoms with Crippen molar-refractivity contribution in [1.82, 2.24) is 19.3 Å². The lowest BCUT2D eigenvalue weighted by Crippen LogP contribution is -2.32. The Bertz CT molecular complexity index is 1550. The highest BCUT2D eigenvalue weighted by molar-refractivity contribution is 7.13. The van der Waals surface area contributed by atoms with E-state index >= 15 is 0 Å². The van der Waals surface area contributed by atoms with E-state index in [-0.39, 0.29) is 43.1 Å². The molecule has 0 bridgehead atoms. The second-order valence-electron chi connectivity index (χ2n) is 10.8. The molecule has 0 saturated heterocycles. The van der Waals surface area contributed by atoms with Crippen LogP contribution in [-0.4, -0.2) is 53.8 Å². The molecule has 0 N–H and O–H groups in total. The Kier molecular flexibility index (Phi) is 7.61. The summed E-state index contributed by atoms with van der Waals surface area (Å²) in [6.07, 6.45) is -1.50. The normalized spacial score (nSPS) is 15.5. The number of ether oxygens (including phenoxy) is 3. The van der Waals surface area contributed by atoms with Gasteiger partial charge >= 0.3 is 0 Å². The average molecular weight is 572 g/mol. The maximum Gasteiger partial charge on any atom is 0.282 e. The number of hydrogen-bond acceptors (Lipinski definition) is 7. The zero-order chi connectivity index (χ0) is 27.9. The number of hydrogen-bond donors (Lipinski definition) is 0. The van der Waals surface area contributed by atoms with Gasteiger partial charge in [-0.2, -0.15) is 10.4 Å². The highest BCUT2D eigenvalue weighted by Gasteiger charge is 2.36. The zero-order valence-corrected chi connectivity index (χ0v) is 24.4. The van der Waals surface area contributed by atoms with Gasteiger partial charge < -0.3 is 18.8 Å². The number of alkyl halides is 2. The number of aryl methyl sites for hydroxylation is 1. The van der Waals surface area contributed by atoms with Crippen LogP contribution in [0.3, 0.4) is 0 Å². The summed E-state index contributed by atoms with van der Waals surface area (Å²) in [5.74, 6) is 0.247. The van der Waals surface area contributed by atoms with E-state index in [0.29, 0.717) is 34.0 Å². The summed E-state index contributed by atoms with van der Waals surface area (Å²) in [7, 11) is 0.199. The molecule has 0 fully saturated rings. The summed E-state index contributed by atoms with van der Waals surface area (Å²) in [5.41, 5.74) is 2.14. The first-order valence-electron chi connectivity index (χ1n) is 12.7. The Hall–Kier alpha value is -3.11. The molecular weight excluding hydrogens is 540 g/mol. The molecule has 0 radical (unpaired) electrons. The van der Waals surface area contributed by atoms with Crippen molar-refractivity contribution in [2.45, 2.75) is 58.4 Å². The van der Waals surface area contributed by atoms with Gasteiger partial charge in [0.05, 0.1) is 17.8 Å². The smallest absolute Gasteiger partial charge is 0.282 e. The number of nitrogens with zero attached hydrogens (tertiary/aromatic N) is 5. The number of aromatic nitrogens is 4. The van der Waals surface area contributed by atoms with Crippen molar-refractivity contribution in [3.05, 3.63) is 39.8 Å². The van der Waals surface area contributed by atoms with Crippen LogP contribution < -0.4 is 4.74 Å². The predicted molar refractivity (Wildman–Crippen MR) is 149 cm³/mol. The minimum absolute atomic E-state index is 0.103. The number of fused-ring (bicyclic) bond motifs is 2. The quantitative estimate of drug-likeness (QED) is 0.169. The van der Waals surface area contributed by atoms with Crippen LogP contribution in [0, 0.1) is 18.3 Å². The van der Waals surface area contributed by atoms with Crippen LogP contribution in [0.1, 0.15) is 21.9 Å². The molecule has 0 saturated carbocycles. The number of pyridine rings is 1. The second-order valence-corrected chi connectivity index (χ2v) is 17.7. The first kappa shape index (κ1) is 27.5. The minimum atomic E-state index is -2.86. The summed E-state index contributed by atoms with van der Waals surface area (Å²) in [6, 6.07) is 8.87. The van der Waals surface area contributed by atoms with Crippen molar-refractivity contribution >= 4 is 30.4 Å². The predicted octanol–water partition coefficient (Wildman–Crippen LogP) is 6.47.